The maximum atomic E-state index is 10.9. The van der Waals surface area contributed by atoms with Crippen LogP contribution < -0.4 is 15.4 Å². The summed E-state index contributed by atoms with van der Waals surface area (Å²) in [4.78, 5) is 4.12. The highest BCUT2D eigenvalue weighted by atomic mass is 127. The molecule has 0 fully saturated rings. The monoisotopic (exact) mass is 434 g/mol. The molecule has 0 aliphatic rings. The van der Waals surface area contributed by atoms with Gasteiger partial charge >= 0.3 is 0 Å². The quantitative estimate of drug-likeness (QED) is 0.223. The van der Waals surface area contributed by atoms with Crippen molar-refractivity contribution in [2.24, 2.45) is 10.9 Å². The molecule has 1 unspecified atom stereocenters. The van der Waals surface area contributed by atoms with E-state index in [1.807, 2.05) is 0 Å². The van der Waals surface area contributed by atoms with Crippen LogP contribution >= 0.6 is 24.0 Å². The molecule has 6 nitrogen and oxygen atoms in total. The standard InChI is InChI=1S/C13H30N4O2S.HI/c1-11(2)7-6-8-12(3)17-13(14-4)15-9-10-16-20(5,18)19;/h11-12,16H,6-10H2,1-5H3,(H2,14,15,17);1H. The highest BCUT2D eigenvalue weighted by Gasteiger charge is 2.06. The van der Waals surface area contributed by atoms with E-state index < -0.39 is 10.0 Å². The van der Waals surface area contributed by atoms with Crippen molar-refractivity contribution in [3.05, 3.63) is 0 Å². The second kappa shape index (κ2) is 12.5. The number of hydrogen-bond acceptors (Lipinski definition) is 3. The normalized spacial score (nSPS) is 13.7. The Morgan fingerprint density at radius 2 is 1.76 bits per heavy atom. The van der Waals surface area contributed by atoms with Crippen molar-refractivity contribution in [3.8, 4) is 0 Å². The number of rotatable bonds is 9. The van der Waals surface area contributed by atoms with Crippen LogP contribution in [0.3, 0.4) is 0 Å². The summed E-state index contributed by atoms with van der Waals surface area (Å²) in [5.41, 5.74) is 0. The van der Waals surface area contributed by atoms with E-state index in [4.69, 9.17) is 0 Å². The molecule has 0 aromatic heterocycles. The van der Waals surface area contributed by atoms with Gasteiger partial charge in [0.05, 0.1) is 6.26 Å². The minimum Gasteiger partial charge on any atom is -0.355 e. The Morgan fingerprint density at radius 3 is 2.24 bits per heavy atom. The summed E-state index contributed by atoms with van der Waals surface area (Å²) in [6.07, 6.45) is 4.67. The molecule has 0 saturated heterocycles. The lowest BCUT2D eigenvalue weighted by Gasteiger charge is -2.18. The van der Waals surface area contributed by atoms with Crippen LogP contribution in [0.2, 0.25) is 0 Å². The summed E-state index contributed by atoms with van der Waals surface area (Å²) in [7, 11) is -1.41. The third-order valence-electron chi connectivity index (χ3n) is 2.81. The zero-order chi connectivity index (χ0) is 15.6. The SMILES string of the molecule is CN=C(NCCNS(C)(=O)=O)NC(C)CCCC(C)C.I. The number of guanidine groups is 1. The fourth-order valence-corrected chi connectivity index (χ4v) is 2.22. The van der Waals surface area contributed by atoms with Gasteiger partial charge in [-0.1, -0.05) is 26.7 Å². The molecular formula is C13H31IN4O2S. The fourth-order valence-electron chi connectivity index (χ4n) is 1.75. The maximum Gasteiger partial charge on any atom is 0.208 e. The number of nitrogens with zero attached hydrogens (tertiary/aromatic N) is 1. The zero-order valence-corrected chi connectivity index (χ0v) is 16.9. The molecular weight excluding hydrogens is 403 g/mol. The molecule has 0 aliphatic heterocycles. The van der Waals surface area contributed by atoms with Crippen molar-refractivity contribution < 1.29 is 8.42 Å². The highest BCUT2D eigenvalue weighted by Crippen LogP contribution is 2.07. The summed E-state index contributed by atoms with van der Waals surface area (Å²) >= 11 is 0. The molecule has 0 heterocycles. The second-order valence-corrected chi connectivity index (χ2v) is 7.37. The minimum atomic E-state index is -3.12. The molecule has 0 aliphatic carbocycles. The topological polar surface area (TPSA) is 82.6 Å². The summed E-state index contributed by atoms with van der Waals surface area (Å²) in [6.45, 7) is 7.44. The van der Waals surface area contributed by atoms with Gasteiger partial charge in [-0.2, -0.15) is 0 Å². The van der Waals surface area contributed by atoms with Crippen molar-refractivity contribution in [2.45, 2.75) is 46.1 Å². The first-order valence-electron chi connectivity index (χ1n) is 7.16. The van der Waals surface area contributed by atoms with Crippen molar-refractivity contribution in [1.82, 2.24) is 15.4 Å². The molecule has 3 N–H and O–H groups in total. The molecule has 0 aromatic carbocycles. The first kappa shape index (κ1) is 23.2. The first-order chi connectivity index (χ1) is 9.24. The highest BCUT2D eigenvalue weighted by molar-refractivity contribution is 14.0. The molecule has 0 spiro atoms. The minimum absolute atomic E-state index is 0. The molecule has 0 amide bonds. The van der Waals surface area contributed by atoms with Crippen LogP contribution in [0, 0.1) is 5.92 Å². The average molecular weight is 434 g/mol. The van der Waals surface area contributed by atoms with Crippen LogP contribution in [0.1, 0.15) is 40.0 Å². The molecule has 1 atom stereocenters. The van der Waals surface area contributed by atoms with Gasteiger partial charge in [-0.15, -0.1) is 24.0 Å². The molecule has 0 bridgehead atoms. The Bertz CT molecular complexity index is 386. The van der Waals surface area contributed by atoms with Crippen molar-refractivity contribution in [3.63, 3.8) is 0 Å². The Labute approximate surface area is 147 Å². The van der Waals surface area contributed by atoms with Crippen LogP contribution in [0.4, 0.5) is 0 Å². The summed E-state index contributed by atoms with van der Waals surface area (Å²) in [6, 6.07) is 0.350. The second-order valence-electron chi connectivity index (χ2n) is 5.54. The molecule has 8 heteroatoms. The number of halogens is 1. The van der Waals surface area contributed by atoms with Gasteiger partial charge in [0.25, 0.3) is 0 Å². The van der Waals surface area contributed by atoms with E-state index in [1.165, 1.54) is 12.8 Å². The van der Waals surface area contributed by atoms with E-state index >= 15 is 0 Å². The number of sulfonamides is 1. The molecule has 0 saturated carbocycles. The molecule has 0 radical (unpaired) electrons. The van der Waals surface area contributed by atoms with Gasteiger partial charge in [-0.3, -0.25) is 4.99 Å². The number of nitrogens with one attached hydrogen (secondary N) is 3. The van der Waals surface area contributed by atoms with Gasteiger partial charge in [0, 0.05) is 26.2 Å². The third-order valence-corrected chi connectivity index (χ3v) is 3.54. The summed E-state index contributed by atoms with van der Waals surface area (Å²) in [5, 5.41) is 6.38. The summed E-state index contributed by atoms with van der Waals surface area (Å²) < 4.78 is 24.3. The van der Waals surface area contributed by atoms with Crippen molar-refractivity contribution in [1.29, 1.82) is 0 Å². The predicted molar refractivity (Wildman–Crippen MR) is 101 cm³/mol. The van der Waals surface area contributed by atoms with Crippen molar-refractivity contribution >= 4 is 40.0 Å². The van der Waals surface area contributed by atoms with Crippen LogP contribution in [-0.2, 0) is 10.0 Å². The number of aliphatic imine (C=N–C) groups is 1. The summed E-state index contributed by atoms with van der Waals surface area (Å²) in [5.74, 6) is 1.44. The fraction of sp³-hybridized carbons (Fsp3) is 0.923. The van der Waals surface area contributed by atoms with Gasteiger partial charge in [0.1, 0.15) is 0 Å². The average Bonchev–Trinajstić information content (AvgIpc) is 2.31. The van der Waals surface area contributed by atoms with E-state index in [0.717, 1.165) is 18.6 Å². The largest absolute Gasteiger partial charge is 0.355 e. The maximum absolute atomic E-state index is 10.9. The Morgan fingerprint density at radius 1 is 1.14 bits per heavy atom. The van der Waals surface area contributed by atoms with Gasteiger partial charge in [0.15, 0.2) is 5.96 Å². The Hall–Kier alpha value is -0.0900. The van der Waals surface area contributed by atoms with Crippen LogP contribution in [0.15, 0.2) is 4.99 Å². The first-order valence-corrected chi connectivity index (χ1v) is 9.05. The lowest BCUT2D eigenvalue weighted by molar-refractivity contribution is 0.491. The van der Waals surface area contributed by atoms with E-state index in [2.05, 4.69) is 41.1 Å². The lowest BCUT2D eigenvalue weighted by Crippen LogP contribution is -2.44. The van der Waals surface area contributed by atoms with Gasteiger partial charge in [0.2, 0.25) is 10.0 Å². The Balaban J connectivity index is 0. The van der Waals surface area contributed by atoms with Crippen LogP contribution in [0.25, 0.3) is 0 Å². The lowest BCUT2D eigenvalue weighted by atomic mass is 10.0. The van der Waals surface area contributed by atoms with Crippen LogP contribution in [-0.4, -0.2) is 46.8 Å². The molecule has 0 aromatic rings. The van der Waals surface area contributed by atoms with E-state index in [1.54, 1.807) is 7.05 Å². The van der Waals surface area contributed by atoms with E-state index in [0.29, 0.717) is 25.1 Å². The smallest absolute Gasteiger partial charge is 0.208 e. The third kappa shape index (κ3) is 16.1. The predicted octanol–water partition coefficient (Wildman–Crippen LogP) is 1.53. The van der Waals surface area contributed by atoms with E-state index in [-0.39, 0.29) is 24.0 Å². The van der Waals surface area contributed by atoms with Crippen LogP contribution in [0.5, 0.6) is 0 Å². The molecule has 0 rings (SSSR count). The molecule has 21 heavy (non-hydrogen) atoms. The van der Waals surface area contributed by atoms with Gasteiger partial charge in [-0.05, 0) is 19.3 Å². The Kier molecular flexibility index (Phi) is 13.7. The van der Waals surface area contributed by atoms with E-state index in [9.17, 15) is 8.42 Å². The molecule has 128 valence electrons. The van der Waals surface area contributed by atoms with Crippen molar-refractivity contribution in [2.75, 3.05) is 26.4 Å². The van der Waals surface area contributed by atoms with Gasteiger partial charge in [-0.25, -0.2) is 13.1 Å². The number of hydrogen-bond donors (Lipinski definition) is 3. The zero-order valence-electron chi connectivity index (χ0n) is 13.8. The van der Waals surface area contributed by atoms with Gasteiger partial charge < -0.3 is 10.6 Å².